The lowest BCUT2D eigenvalue weighted by atomic mass is 9.97. The van der Waals surface area contributed by atoms with Gasteiger partial charge in [-0.15, -0.1) is 11.8 Å². The molecule has 4 aromatic rings. The highest BCUT2D eigenvalue weighted by Gasteiger charge is 2.32. The molecule has 1 saturated heterocycles. The highest BCUT2D eigenvalue weighted by atomic mass is 32.2. The SMILES string of the molecule is O=C(O)CCCCCCC(=O)NCc1ccccc1-c1ccc([C@@H]2O[C@H](CSc3ccccn3)C[C@H](c3ccc(CO)cc3)O2)cc1. The van der Waals surface area contributed by atoms with Crippen LogP contribution in [0.15, 0.2) is 102 Å². The molecule has 0 saturated carbocycles. The third-order valence-electron chi connectivity index (χ3n) is 8.20. The maximum absolute atomic E-state index is 12.5. The molecule has 0 unspecified atom stereocenters. The van der Waals surface area contributed by atoms with Crippen molar-refractivity contribution in [2.75, 3.05) is 5.75 Å². The van der Waals surface area contributed by atoms with Crippen LogP contribution in [0.4, 0.5) is 0 Å². The number of rotatable bonds is 16. The Morgan fingerprint density at radius 1 is 0.830 bits per heavy atom. The zero-order chi connectivity index (χ0) is 32.8. The van der Waals surface area contributed by atoms with Gasteiger partial charge in [-0.3, -0.25) is 9.59 Å². The smallest absolute Gasteiger partial charge is 0.303 e. The summed E-state index contributed by atoms with van der Waals surface area (Å²) in [5, 5.41) is 22.3. The average Bonchev–Trinajstić information content (AvgIpc) is 3.11. The normalized spacial score (nSPS) is 17.7. The molecule has 9 heteroatoms. The van der Waals surface area contributed by atoms with Crippen molar-refractivity contribution in [2.24, 2.45) is 0 Å². The van der Waals surface area contributed by atoms with Gasteiger partial charge >= 0.3 is 5.97 Å². The number of unbranched alkanes of at least 4 members (excludes halogenated alkanes) is 3. The van der Waals surface area contributed by atoms with Crippen LogP contribution in [0.2, 0.25) is 0 Å². The lowest BCUT2D eigenvalue weighted by Crippen LogP contribution is -2.31. The van der Waals surface area contributed by atoms with E-state index in [-0.39, 0.29) is 31.1 Å². The number of pyridine rings is 1. The van der Waals surface area contributed by atoms with Crippen molar-refractivity contribution in [3.63, 3.8) is 0 Å². The number of benzene rings is 3. The molecular weight excluding hydrogens is 612 g/mol. The van der Waals surface area contributed by atoms with E-state index < -0.39 is 12.3 Å². The number of aliphatic carboxylic acids is 1. The van der Waals surface area contributed by atoms with Crippen LogP contribution in [0.25, 0.3) is 11.1 Å². The summed E-state index contributed by atoms with van der Waals surface area (Å²) < 4.78 is 13.0. The summed E-state index contributed by atoms with van der Waals surface area (Å²) >= 11 is 1.67. The maximum Gasteiger partial charge on any atom is 0.303 e. The molecule has 3 atom stereocenters. The minimum absolute atomic E-state index is 0.000306. The van der Waals surface area contributed by atoms with Gasteiger partial charge in [-0.25, -0.2) is 4.98 Å². The van der Waals surface area contributed by atoms with Gasteiger partial charge in [0.15, 0.2) is 6.29 Å². The molecule has 0 aliphatic carbocycles. The van der Waals surface area contributed by atoms with E-state index in [1.54, 1.807) is 18.0 Å². The Kier molecular flexibility index (Phi) is 13.0. The number of carboxylic acids is 1. The number of aliphatic hydroxyl groups is 1. The summed E-state index contributed by atoms with van der Waals surface area (Å²) in [5.74, 6) is -0.0391. The van der Waals surface area contributed by atoms with Crippen molar-refractivity contribution >= 4 is 23.6 Å². The number of amides is 1. The second kappa shape index (κ2) is 17.8. The highest BCUT2D eigenvalue weighted by Crippen LogP contribution is 2.40. The van der Waals surface area contributed by atoms with Crippen LogP contribution in [0.5, 0.6) is 0 Å². The first-order chi connectivity index (χ1) is 23.0. The fourth-order valence-corrected chi connectivity index (χ4v) is 6.49. The van der Waals surface area contributed by atoms with E-state index in [2.05, 4.69) is 28.5 Å². The molecular formula is C38H42N2O6S. The van der Waals surface area contributed by atoms with Crippen LogP contribution in [0.3, 0.4) is 0 Å². The third-order valence-corrected chi connectivity index (χ3v) is 9.28. The number of hydrogen-bond donors (Lipinski definition) is 3. The minimum atomic E-state index is -0.776. The molecule has 3 N–H and O–H groups in total. The molecule has 246 valence electrons. The Balaban J connectivity index is 1.23. The Hall–Kier alpha value is -4.02. The number of nitrogens with one attached hydrogen (secondary N) is 1. The van der Waals surface area contributed by atoms with Gasteiger partial charge in [0.25, 0.3) is 0 Å². The van der Waals surface area contributed by atoms with E-state index in [0.29, 0.717) is 25.8 Å². The molecule has 1 aliphatic heterocycles. The van der Waals surface area contributed by atoms with Gasteiger partial charge in [-0.1, -0.05) is 91.7 Å². The molecule has 0 radical (unpaired) electrons. The summed E-state index contributed by atoms with van der Waals surface area (Å²) in [6.07, 6.45) is 5.40. The standard InChI is InChI=1S/C38H42N2O6S/c41-25-27-14-16-29(17-15-27)34-23-32(26-47-36-12-7-8-22-39-36)45-38(46-34)30-20-18-28(19-21-30)33-10-6-5-9-31(33)24-40-35(42)11-3-1-2-4-13-37(43)44/h5-10,12,14-22,32,34,38,41H,1-4,11,13,23-26H2,(H,40,42)(H,43,44)/t32-,34+,38+/m0/s1. The lowest BCUT2D eigenvalue weighted by molar-refractivity contribution is -0.245. The number of aromatic nitrogens is 1. The minimum Gasteiger partial charge on any atom is -0.481 e. The average molecular weight is 655 g/mol. The summed E-state index contributed by atoms with van der Waals surface area (Å²) in [6.45, 7) is 0.428. The van der Waals surface area contributed by atoms with E-state index in [4.69, 9.17) is 14.6 Å². The van der Waals surface area contributed by atoms with Crippen LogP contribution in [-0.2, 0) is 32.2 Å². The summed E-state index contributed by atoms with van der Waals surface area (Å²) in [6, 6.07) is 30.1. The Bertz CT molecular complexity index is 1570. The number of carboxylic acid groups (broad SMARTS) is 1. The molecule has 2 heterocycles. The molecule has 0 spiro atoms. The van der Waals surface area contributed by atoms with Crippen LogP contribution >= 0.6 is 11.8 Å². The molecule has 1 aromatic heterocycles. The summed E-state index contributed by atoms with van der Waals surface area (Å²) in [4.78, 5) is 27.6. The second-order valence-electron chi connectivity index (χ2n) is 11.7. The first-order valence-electron chi connectivity index (χ1n) is 16.2. The van der Waals surface area contributed by atoms with Gasteiger partial charge in [0.1, 0.15) is 0 Å². The van der Waals surface area contributed by atoms with Crippen molar-refractivity contribution in [2.45, 2.75) is 81.6 Å². The Morgan fingerprint density at radius 3 is 2.28 bits per heavy atom. The zero-order valence-corrected chi connectivity index (χ0v) is 27.2. The molecule has 8 nitrogen and oxygen atoms in total. The lowest BCUT2D eigenvalue weighted by Gasteiger charge is -2.36. The number of carbonyl (C=O) groups excluding carboxylic acids is 1. The summed E-state index contributed by atoms with van der Waals surface area (Å²) in [7, 11) is 0. The van der Waals surface area contributed by atoms with Crippen molar-refractivity contribution in [1.29, 1.82) is 0 Å². The van der Waals surface area contributed by atoms with E-state index in [1.807, 2.05) is 72.8 Å². The van der Waals surface area contributed by atoms with Gasteiger partial charge in [0.05, 0.1) is 23.8 Å². The predicted octanol–water partition coefficient (Wildman–Crippen LogP) is 7.62. The molecule has 1 fully saturated rings. The first-order valence-corrected chi connectivity index (χ1v) is 17.2. The van der Waals surface area contributed by atoms with Gasteiger partial charge < -0.3 is 25.0 Å². The monoisotopic (exact) mass is 654 g/mol. The van der Waals surface area contributed by atoms with Crippen molar-refractivity contribution in [1.82, 2.24) is 10.3 Å². The van der Waals surface area contributed by atoms with Crippen molar-refractivity contribution in [3.8, 4) is 11.1 Å². The van der Waals surface area contributed by atoms with Crippen molar-refractivity contribution in [3.05, 3.63) is 119 Å². The number of carbonyl (C=O) groups is 2. The predicted molar refractivity (Wildman–Crippen MR) is 182 cm³/mol. The van der Waals surface area contributed by atoms with Gasteiger partial charge in [0.2, 0.25) is 5.91 Å². The first kappa shape index (κ1) is 34.3. The largest absolute Gasteiger partial charge is 0.481 e. The van der Waals surface area contributed by atoms with Crippen LogP contribution in [0, 0.1) is 0 Å². The third kappa shape index (κ3) is 10.5. The molecule has 3 aromatic carbocycles. The second-order valence-corrected chi connectivity index (χ2v) is 12.7. The summed E-state index contributed by atoms with van der Waals surface area (Å²) in [5.41, 5.74) is 5.94. The van der Waals surface area contributed by atoms with Crippen molar-refractivity contribution < 1.29 is 29.3 Å². The number of thioether (sulfide) groups is 1. The molecule has 47 heavy (non-hydrogen) atoms. The molecule has 1 aliphatic rings. The molecule has 0 bridgehead atoms. The Labute approximate surface area is 280 Å². The molecule has 5 rings (SSSR count). The fraction of sp³-hybridized carbons (Fsp3) is 0.342. The van der Waals surface area contributed by atoms with Gasteiger partial charge in [-0.05, 0) is 52.8 Å². The van der Waals surface area contributed by atoms with E-state index in [9.17, 15) is 14.7 Å². The van der Waals surface area contributed by atoms with Gasteiger partial charge in [0, 0.05) is 43.3 Å². The fourth-order valence-electron chi connectivity index (χ4n) is 5.61. The Morgan fingerprint density at radius 2 is 1.55 bits per heavy atom. The van der Waals surface area contributed by atoms with Crippen LogP contribution < -0.4 is 5.32 Å². The topological polar surface area (TPSA) is 118 Å². The van der Waals surface area contributed by atoms with E-state index in [0.717, 1.165) is 63.4 Å². The number of nitrogens with zero attached hydrogens (tertiary/aromatic N) is 1. The van der Waals surface area contributed by atoms with Crippen LogP contribution in [-0.4, -0.2) is 38.9 Å². The van der Waals surface area contributed by atoms with E-state index >= 15 is 0 Å². The highest BCUT2D eigenvalue weighted by molar-refractivity contribution is 7.99. The quantitative estimate of drug-likeness (QED) is 0.0835. The maximum atomic E-state index is 12.5. The van der Waals surface area contributed by atoms with E-state index in [1.165, 1.54) is 0 Å². The number of ether oxygens (including phenoxy) is 2. The van der Waals surface area contributed by atoms with Crippen LogP contribution in [0.1, 0.15) is 79.6 Å². The number of hydrogen-bond acceptors (Lipinski definition) is 7. The number of aliphatic hydroxyl groups excluding tert-OH is 1. The molecule has 1 amide bonds. The van der Waals surface area contributed by atoms with Gasteiger partial charge in [-0.2, -0.15) is 0 Å². The zero-order valence-electron chi connectivity index (χ0n) is 26.4.